The minimum absolute atomic E-state index is 0.110. The lowest BCUT2D eigenvalue weighted by atomic mass is 10.1. The van der Waals surface area contributed by atoms with E-state index >= 15 is 0 Å². The molecule has 1 amide bonds. The lowest BCUT2D eigenvalue weighted by Gasteiger charge is -2.25. The number of likely N-dealkylation sites (N-methyl/N-ethyl adjacent to an activating group) is 1. The second-order valence-corrected chi connectivity index (χ2v) is 6.33. The van der Waals surface area contributed by atoms with Crippen molar-refractivity contribution in [2.45, 2.75) is 26.4 Å². The summed E-state index contributed by atoms with van der Waals surface area (Å²) < 4.78 is 5.66. The normalized spacial score (nSPS) is 11.9. The summed E-state index contributed by atoms with van der Waals surface area (Å²) in [5.41, 5.74) is 2.51. The molecule has 1 atom stereocenters. The topological polar surface area (TPSA) is 62.4 Å². The Hall–Kier alpha value is -3.08. The summed E-state index contributed by atoms with van der Waals surface area (Å²) in [5, 5.41) is 0.987. The number of para-hydroxylation sites is 1. The number of hydrogen-bond acceptors (Lipinski definition) is 3. The number of carbonyl (C=O) groups is 2. The van der Waals surface area contributed by atoms with Crippen LogP contribution in [0.25, 0.3) is 10.9 Å². The van der Waals surface area contributed by atoms with Gasteiger partial charge in [0.1, 0.15) is 0 Å². The molecule has 3 rings (SSSR count). The Bertz CT molecular complexity index is 913. The summed E-state index contributed by atoms with van der Waals surface area (Å²) >= 11 is 0. The van der Waals surface area contributed by atoms with Gasteiger partial charge in [0, 0.05) is 35.8 Å². The quantitative estimate of drug-likeness (QED) is 0.648. The number of nitrogens with zero attached hydrogens (tertiary/aromatic N) is 1. The van der Waals surface area contributed by atoms with Crippen LogP contribution in [-0.4, -0.2) is 34.8 Å². The van der Waals surface area contributed by atoms with E-state index in [0.717, 1.165) is 16.5 Å². The van der Waals surface area contributed by atoms with E-state index < -0.39 is 12.1 Å². The zero-order valence-corrected chi connectivity index (χ0v) is 15.6. The van der Waals surface area contributed by atoms with Crippen LogP contribution >= 0.6 is 0 Å². The van der Waals surface area contributed by atoms with Gasteiger partial charge in [0.2, 0.25) is 6.10 Å². The number of aromatic nitrogens is 1. The number of benzene rings is 2. The predicted octanol–water partition coefficient (Wildman–Crippen LogP) is 3.86. The van der Waals surface area contributed by atoms with Gasteiger partial charge in [0.15, 0.2) is 0 Å². The monoisotopic (exact) mass is 364 g/mol. The number of fused-ring (bicyclic) bond motifs is 1. The highest BCUT2D eigenvalue weighted by molar-refractivity contribution is 5.89. The number of rotatable bonds is 7. The highest BCUT2D eigenvalue weighted by atomic mass is 16.5. The van der Waals surface area contributed by atoms with Crippen molar-refractivity contribution in [2.24, 2.45) is 0 Å². The SMILES string of the molecule is CCN(CC)C(=O)[C@@H](OC(=O)Cc1c[nH]c2ccccc12)c1ccccc1. The van der Waals surface area contributed by atoms with Gasteiger partial charge in [-0.15, -0.1) is 0 Å². The number of H-pyrrole nitrogens is 1. The molecule has 0 saturated heterocycles. The maximum absolute atomic E-state index is 12.9. The number of nitrogens with one attached hydrogen (secondary N) is 1. The Morgan fingerprint density at radius 3 is 2.37 bits per heavy atom. The van der Waals surface area contributed by atoms with Gasteiger partial charge >= 0.3 is 5.97 Å². The standard InChI is InChI=1S/C22H24N2O3/c1-3-24(4-2)22(26)21(16-10-6-5-7-11-16)27-20(25)14-17-15-23-19-13-9-8-12-18(17)19/h5-13,15,21,23H,3-4,14H2,1-2H3/t21-/m0/s1. The van der Waals surface area contributed by atoms with Crippen LogP contribution in [0.2, 0.25) is 0 Å². The molecule has 27 heavy (non-hydrogen) atoms. The molecule has 0 bridgehead atoms. The first-order chi connectivity index (χ1) is 13.1. The van der Waals surface area contributed by atoms with Crippen LogP contribution in [0, 0.1) is 0 Å². The maximum Gasteiger partial charge on any atom is 0.311 e. The molecular formula is C22H24N2O3. The minimum atomic E-state index is -0.927. The van der Waals surface area contributed by atoms with Gasteiger partial charge in [-0.05, 0) is 25.5 Å². The van der Waals surface area contributed by atoms with E-state index in [1.54, 1.807) is 4.90 Å². The predicted molar refractivity (Wildman–Crippen MR) is 105 cm³/mol. The molecular weight excluding hydrogens is 340 g/mol. The molecule has 1 heterocycles. The van der Waals surface area contributed by atoms with Gasteiger partial charge in [-0.25, -0.2) is 0 Å². The third-order valence-corrected chi connectivity index (χ3v) is 4.66. The van der Waals surface area contributed by atoms with Gasteiger partial charge in [-0.2, -0.15) is 0 Å². The van der Waals surface area contributed by atoms with E-state index in [1.165, 1.54) is 0 Å². The summed E-state index contributed by atoms with van der Waals surface area (Å²) in [5.74, 6) is -0.618. The summed E-state index contributed by atoms with van der Waals surface area (Å²) in [7, 11) is 0. The number of amides is 1. The van der Waals surface area contributed by atoms with Crippen LogP contribution in [0.4, 0.5) is 0 Å². The van der Waals surface area contributed by atoms with Crippen molar-refractivity contribution in [1.82, 2.24) is 9.88 Å². The fourth-order valence-electron chi connectivity index (χ4n) is 3.20. The molecule has 3 aromatic rings. The summed E-state index contributed by atoms with van der Waals surface area (Å²) in [6, 6.07) is 17.0. The fourth-order valence-corrected chi connectivity index (χ4v) is 3.20. The van der Waals surface area contributed by atoms with Crippen molar-refractivity contribution >= 4 is 22.8 Å². The first-order valence-corrected chi connectivity index (χ1v) is 9.22. The average Bonchev–Trinajstić information content (AvgIpc) is 3.10. The molecule has 5 nitrogen and oxygen atoms in total. The molecule has 0 aliphatic carbocycles. The third-order valence-electron chi connectivity index (χ3n) is 4.66. The van der Waals surface area contributed by atoms with Gasteiger partial charge in [0.05, 0.1) is 6.42 Å². The van der Waals surface area contributed by atoms with Crippen molar-refractivity contribution in [3.63, 3.8) is 0 Å². The summed E-state index contributed by atoms with van der Waals surface area (Å²) in [6.45, 7) is 4.96. The van der Waals surface area contributed by atoms with Crippen LogP contribution in [0.5, 0.6) is 0 Å². The van der Waals surface area contributed by atoms with E-state index in [4.69, 9.17) is 4.74 Å². The highest BCUT2D eigenvalue weighted by Crippen LogP contribution is 2.23. The molecule has 2 aromatic carbocycles. The number of hydrogen-bond donors (Lipinski definition) is 1. The molecule has 0 fully saturated rings. The van der Waals surface area contributed by atoms with E-state index in [-0.39, 0.29) is 12.3 Å². The maximum atomic E-state index is 12.9. The Balaban J connectivity index is 1.81. The molecule has 0 aliphatic rings. The Morgan fingerprint density at radius 1 is 1.00 bits per heavy atom. The van der Waals surface area contributed by atoms with Crippen LogP contribution < -0.4 is 0 Å². The van der Waals surface area contributed by atoms with Crippen LogP contribution in [0.1, 0.15) is 31.1 Å². The molecule has 0 saturated carbocycles. The van der Waals surface area contributed by atoms with E-state index in [2.05, 4.69) is 4.98 Å². The van der Waals surface area contributed by atoms with Crippen LogP contribution in [0.3, 0.4) is 0 Å². The molecule has 0 aliphatic heterocycles. The van der Waals surface area contributed by atoms with E-state index in [1.807, 2.05) is 74.6 Å². The minimum Gasteiger partial charge on any atom is -0.447 e. The smallest absolute Gasteiger partial charge is 0.311 e. The van der Waals surface area contributed by atoms with Crippen molar-refractivity contribution in [3.05, 3.63) is 71.9 Å². The van der Waals surface area contributed by atoms with Crippen LogP contribution in [0.15, 0.2) is 60.8 Å². The number of ether oxygens (including phenoxy) is 1. The van der Waals surface area contributed by atoms with Crippen molar-refractivity contribution in [2.75, 3.05) is 13.1 Å². The Morgan fingerprint density at radius 2 is 1.67 bits per heavy atom. The highest BCUT2D eigenvalue weighted by Gasteiger charge is 2.28. The molecule has 0 radical (unpaired) electrons. The average molecular weight is 364 g/mol. The van der Waals surface area contributed by atoms with Gasteiger partial charge < -0.3 is 14.6 Å². The van der Waals surface area contributed by atoms with Crippen molar-refractivity contribution < 1.29 is 14.3 Å². The lowest BCUT2D eigenvalue weighted by Crippen LogP contribution is -2.36. The number of aromatic amines is 1. The zero-order chi connectivity index (χ0) is 19.2. The van der Waals surface area contributed by atoms with Crippen LogP contribution in [-0.2, 0) is 20.7 Å². The molecule has 1 aromatic heterocycles. The first kappa shape index (κ1) is 18.7. The van der Waals surface area contributed by atoms with E-state index in [9.17, 15) is 9.59 Å². The van der Waals surface area contributed by atoms with Gasteiger partial charge in [-0.1, -0.05) is 48.5 Å². The second-order valence-electron chi connectivity index (χ2n) is 6.33. The number of carbonyl (C=O) groups excluding carboxylic acids is 2. The van der Waals surface area contributed by atoms with Gasteiger partial charge in [-0.3, -0.25) is 9.59 Å². The molecule has 5 heteroatoms. The molecule has 0 unspecified atom stereocenters. The molecule has 140 valence electrons. The van der Waals surface area contributed by atoms with Crippen molar-refractivity contribution in [3.8, 4) is 0 Å². The summed E-state index contributed by atoms with van der Waals surface area (Å²) in [6.07, 6.45) is 0.998. The lowest BCUT2D eigenvalue weighted by molar-refractivity contribution is -0.160. The van der Waals surface area contributed by atoms with Crippen molar-refractivity contribution in [1.29, 1.82) is 0 Å². The number of esters is 1. The Labute approximate surface area is 158 Å². The summed E-state index contributed by atoms with van der Waals surface area (Å²) in [4.78, 5) is 30.4. The largest absolute Gasteiger partial charge is 0.447 e. The third kappa shape index (κ3) is 4.19. The molecule has 1 N–H and O–H groups in total. The molecule has 0 spiro atoms. The first-order valence-electron chi connectivity index (χ1n) is 9.22. The fraction of sp³-hybridized carbons (Fsp3) is 0.273. The Kier molecular flexibility index (Phi) is 5.91. The van der Waals surface area contributed by atoms with E-state index in [0.29, 0.717) is 18.7 Å². The second kappa shape index (κ2) is 8.54. The van der Waals surface area contributed by atoms with Gasteiger partial charge in [0.25, 0.3) is 5.91 Å². The zero-order valence-electron chi connectivity index (χ0n) is 15.6.